The topological polar surface area (TPSA) is 29.5 Å². The first-order chi connectivity index (χ1) is 6.20. The van der Waals surface area contributed by atoms with Crippen LogP contribution in [0.3, 0.4) is 0 Å². The Morgan fingerprint density at radius 1 is 1.54 bits per heavy atom. The molecular formula is C11H18O2. The molecule has 1 fully saturated rings. The van der Waals surface area contributed by atoms with Crippen LogP contribution in [0.1, 0.15) is 38.5 Å². The van der Waals surface area contributed by atoms with E-state index in [0.29, 0.717) is 12.5 Å². The van der Waals surface area contributed by atoms with Crippen molar-refractivity contribution in [1.29, 1.82) is 0 Å². The van der Waals surface area contributed by atoms with Gasteiger partial charge in [0.05, 0.1) is 11.7 Å². The third-order valence-corrected chi connectivity index (χ3v) is 2.93. The highest BCUT2D eigenvalue weighted by atomic mass is 16.5. The molecule has 1 aliphatic rings. The Morgan fingerprint density at radius 3 is 2.62 bits per heavy atom. The minimum atomic E-state index is -0.512. The van der Waals surface area contributed by atoms with Gasteiger partial charge in [0.25, 0.3) is 0 Å². The van der Waals surface area contributed by atoms with Crippen LogP contribution < -0.4 is 0 Å². The molecule has 0 unspecified atom stereocenters. The van der Waals surface area contributed by atoms with Gasteiger partial charge >= 0.3 is 0 Å². The van der Waals surface area contributed by atoms with Crippen LogP contribution >= 0.6 is 0 Å². The van der Waals surface area contributed by atoms with Gasteiger partial charge in [0.15, 0.2) is 0 Å². The van der Waals surface area contributed by atoms with E-state index >= 15 is 0 Å². The number of hydrogen-bond donors (Lipinski definition) is 1. The van der Waals surface area contributed by atoms with Gasteiger partial charge in [0.1, 0.15) is 0 Å². The van der Waals surface area contributed by atoms with Crippen molar-refractivity contribution in [2.75, 3.05) is 7.11 Å². The Kier molecular flexibility index (Phi) is 3.77. The third-order valence-electron chi connectivity index (χ3n) is 2.93. The monoisotopic (exact) mass is 182 g/mol. The Labute approximate surface area is 80.3 Å². The number of rotatable bonds is 3. The Bertz CT molecular complexity index is 185. The van der Waals surface area contributed by atoms with Gasteiger partial charge in [-0.2, -0.15) is 0 Å². The summed E-state index contributed by atoms with van der Waals surface area (Å²) in [5.41, 5.74) is -0.512. The van der Waals surface area contributed by atoms with Gasteiger partial charge in [0, 0.05) is 13.5 Å². The lowest BCUT2D eigenvalue weighted by Crippen LogP contribution is -2.36. The normalized spacial score (nSPS) is 34.1. The molecule has 0 heterocycles. The number of aliphatic hydroxyl groups is 1. The standard InChI is InChI=1S/C11H18O2/c1-3-4-7-11(12)8-5-10(13-2)6-9-11/h1,10,12H,4-9H2,2H3. The maximum atomic E-state index is 10.1. The summed E-state index contributed by atoms with van der Waals surface area (Å²) in [4.78, 5) is 0. The van der Waals surface area contributed by atoms with Crippen molar-refractivity contribution in [3.63, 3.8) is 0 Å². The van der Waals surface area contributed by atoms with E-state index in [1.165, 1.54) is 0 Å². The number of terminal acetylenes is 1. The molecule has 0 saturated heterocycles. The number of methoxy groups -OCH3 is 1. The molecule has 2 heteroatoms. The molecule has 1 aliphatic carbocycles. The highest BCUT2D eigenvalue weighted by Gasteiger charge is 2.32. The quantitative estimate of drug-likeness (QED) is 0.673. The van der Waals surface area contributed by atoms with E-state index in [0.717, 1.165) is 32.1 Å². The van der Waals surface area contributed by atoms with Crippen molar-refractivity contribution >= 4 is 0 Å². The smallest absolute Gasteiger partial charge is 0.0658 e. The molecule has 0 spiro atoms. The van der Waals surface area contributed by atoms with Crippen molar-refractivity contribution in [2.24, 2.45) is 0 Å². The van der Waals surface area contributed by atoms with Crippen LogP contribution in [0.15, 0.2) is 0 Å². The van der Waals surface area contributed by atoms with Crippen LogP contribution in [0.5, 0.6) is 0 Å². The Hall–Kier alpha value is -0.520. The molecule has 1 rings (SSSR count). The van der Waals surface area contributed by atoms with Crippen LogP contribution in [0.2, 0.25) is 0 Å². The average Bonchev–Trinajstić information content (AvgIpc) is 2.16. The minimum absolute atomic E-state index is 0.339. The summed E-state index contributed by atoms with van der Waals surface area (Å²) in [6, 6.07) is 0. The molecule has 0 aliphatic heterocycles. The predicted molar refractivity (Wildman–Crippen MR) is 52.3 cm³/mol. The zero-order valence-electron chi connectivity index (χ0n) is 8.25. The summed E-state index contributed by atoms with van der Waals surface area (Å²) in [5.74, 6) is 2.57. The molecule has 1 N–H and O–H groups in total. The molecule has 0 aromatic heterocycles. The van der Waals surface area contributed by atoms with Crippen LogP contribution in [-0.4, -0.2) is 23.9 Å². The third kappa shape index (κ3) is 3.02. The summed E-state index contributed by atoms with van der Waals surface area (Å²) >= 11 is 0. The molecule has 0 aromatic carbocycles. The van der Waals surface area contributed by atoms with Gasteiger partial charge in [-0.05, 0) is 32.1 Å². The summed E-state index contributed by atoms with van der Waals surface area (Å²) in [6.07, 6.45) is 10.5. The van der Waals surface area contributed by atoms with Crippen LogP contribution in [-0.2, 0) is 4.74 Å². The van der Waals surface area contributed by atoms with Crippen LogP contribution in [0.4, 0.5) is 0 Å². The van der Waals surface area contributed by atoms with Crippen molar-refractivity contribution in [2.45, 2.75) is 50.2 Å². The van der Waals surface area contributed by atoms with E-state index in [9.17, 15) is 5.11 Å². The minimum Gasteiger partial charge on any atom is -0.390 e. The summed E-state index contributed by atoms with van der Waals surface area (Å²) in [5, 5.41) is 10.1. The molecule has 2 nitrogen and oxygen atoms in total. The molecule has 13 heavy (non-hydrogen) atoms. The van der Waals surface area contributed by atoms with Gasteiger partial charge in [0.2, 0.25) is 0 Å². The lowest BCUT2D eigenvalue weighted by atomic mass is 9.80. The van der Waals surface area contributed by atoms with Gasteiger partial charge in [-0.1, -0.05) is 0 Å². The molecule has 1 saturated carbocycles. The van der Waals surface area contributed by atoms with E-state index < -0.39 is 5.60 Å². The molecule has 0 atom stereocenters. The first-order valence-corrected chi connectivity index (χ1v) is 4.89. The van der Waals surface area contributed by atoms with Crippen LogP contribution in [0.25, 0.3) is 0 Å². The molecule has 0 radical (unpaired) electrons. The largest absolute Gasteiger partial charge is 0.390 e. The highest BCUT2D eigenvalue weighted by molar-refractivity contribution is 4.92. The first-order valence-electron chi connectivity index (χ1n) is 4.89. The van der Waals surface area contributed by atoms with Crippen LogP contribution in [0, 0.1) is 12.3 Å². The zero-order valence-corrected chi connectivity index (χ0v) is 8.25. The van der Waals surface area contributed by atoms with E-state index in [2.05, 4.69) is 5.92 Å². The fourth-order valence-electron chi connectivity index (χ4n) is 1.92. The Morgan fingerprint density at radius 2 is 2.15 bits per heavy atom. The summed E-state index contributed by atoms with van der Waals surface area (Å²) in [7, 11) is 1.73. The second-order valence-electron chi connectivity index (χ2n) is 3.86. The maximum Gasteiger partial charge on any atom is 0.0658 e. The molecule has 0 bridgehead atoms. The predicted octanol–water partition coefficient (Wildman–Crippen LogP) is 1.72. The fraction of sp³-hybridized carbons (Fsp3) is 0.818. The number of ether oxygens (including phenoxy) is 1. The molecule has 74 valence electrons. The van der Waals surface area contributed by atoms with E-state index in [1.54, 1.807) is 7.11 Å². The molecule has 0 amide bonds. The molecule has 0 aromatic rings. The summed E-state index contributed by atoms with van der Waals surface area (Å²) in [6.45, 7) is 0. The maximum absolute atomic E-state index is 10.1. The van der Waals surface area contributed by atoms with Gasteiger partial charge in [-0.3, -0.25) is 0 Å². The Balaban J connectivity index is 2.33. The fourth-order valence-corrected chi connectivity index (χ4v) is 1.92. The van der Waals surface area contributed by atoms with Gasteiger partial charge < -0.3 is 9.84 Å². The molecular weight excluding hydrogens is 164 g/mol. The van der Waals surface area contributed by atoms with Crippen molar-refractivity contribution < 1.29 is 9.84 Å². The van der Waals surface area contributed by atoms with Gasteiger partial charge in [-0.15, -0.1) is 12.3 Å². The summed E-state index contributed by atoms with van der Waals surface area (Å²) < 4.78 is 5.24. The second-order valence-corrected chi connectivity index (χ2v) is 3.86. The van der Waals surface area contributed by atoms with E-state index in [4.69, 9.17) is 11.2 Å². The zero-order chi connectivity index (χ0) is 9.73. The highest BCUT2D eigenvalue weighted by Crippen LogP contribution is 2.32. The average molecular weight is 182 g/mol. The van der Waals surface area contributed by atoms with Crippen molar-refractivity contribution in [3.8, 4) is 12.3 Å². The van der Waals surface area contributed by atoms with Crippen molar-refractivity contribution in [3.05, 3.63) is 0 Å². The lowest BCUT2D eigenvalue weighted by molar-refractivity contribution is -0.0471. The number of hydrogen-bond acceptors (Lipinski definition) is 2. The lowest BCUT2D eigenvalue weighted by Gasteiger charge is -2.35. The second kappa shape index (κ2) is 4.64. The van der Waals surface area contributed by atoms with Gasteiger partial charge in [-0.25, -0.2) is 0 Å². The van der Waals surface area contributed by atoms with E-state index in [-0.39, 0.29) is 0 Å². The van der Waals surface area contributed by atoms with Crippen molar-refractivity contribution in [1.82, 2.24) is 0 Å². The first kappa shape index (κ1) is 10.6. The van der Waals surface area contributed by atoms with E-state index in [1.807, 2.05) is 0 Å². The SMILES string of the molecule is C#CCCC1(O)CCC(OC)CC1.